The van der Waals surface area contributed by atoms with E-state index in [1.807, 2.05) is 24.3 Å². The van der Waals surface area contributed by atoms with Crippen molar-refractivity contribution in [1.29, 1.82) is 0 Å². The van der Waals surface area contributed by atoms with E-state index < -0.39 is 18.2 Å². The maximum atomic E-state index is 13.2. The van der Waals surface area contributed by atoms with Crippen LogP contribution in [0.3, 0.4) is 0 Å². The van der Waals surface area contributed by atoms with E-state index in [4.69, 9.17) is 4.74 Å². The fourth-order valence-corrected chi connectivity index (χ4v) is 7.63. The number of ether oxygens (including phenoxy) is 1. The molecular weight excluding hydrogens is 779 g/mol. The number of rotatable bonds is 46. The summed E-state index contributed by atoms with van der Waals surface area (Å²) >= 11 is 0. The number of unbranched alkanes of at least 4 members (excludes halogenated alkanes) is 23. The summed E-state index contributed by atoms with van der Waals surface area (Å²) in [5, 5.41) is 23.8. The normalized spacial score (nSPS) is 13.9. The number of hydrogen-bond donors (Lipinski definition) is 3. The lowest BCUT2D eigenvalue weighted by molar-refractivity contribution is -0.151. The molecule has 6 nitrogen and oxygen atoms in total. The molecule has 0 aliphatic carbocycles. The van der Waals surface area contributed by atoms with Gasteiger partial charge in [-0.05, 0) is 77.0 Å². The van der Waals surface area contributed by atoms with Gasteiger partial charge in [0.25, 0.3) is 0 Å². The van der Waals surface area contributed by atoms with Crippen molar-refractivity contribution in [2.45, 2.75) is 257 Å². The highest BCUT2D eigenvalue weighted by molar-refractivity contribution is 5.77. The zero-order valence-corrected chi connectivity index (χ0v) is 41.2. The summed E-state index contributed by atoms with van der Waals surface area (Å²) in [7, 11) is 0. The first kappa shape index (κ1) is 60.0. The molecule has 0 aromatic heterocycles. The molecule has 0 aromatic rings. The molecule has 3 atom stereocenters. The molecule has 0 spiro atoms. The van der Waals surface area contributed by atoms with Gasteiger partial charge >= 0.3 is 5.97 Å². The van der Waals surface area contributed by atoms with Gasteiger partial charge in [0, 0.05) is 6.42 Å². The number of carbonyl (C=O) groups is 2. The molecule has 3 N–H and O–H groups in total. The van der Waals surface area contributed by atoms with Crippen LogP contribution < -0.4 is 5.32 Å². The second kappa shape index (κ2) is 50.0. The summed E-state index contributed by atoms with van der Waals surface area (Å²) < 4.78 is 5.90. The third kappa shape index (κ3) is 45.4. The Morgan fingerprint density at radius 3 is 1.51 bits per heavy atom. The van der Waals surface area contributed by atoms with Gasteiger partial charge < -0.3 is 20.3 Å². The van der Waals surface area contributed by atoms with E-state index in [0.29, 0.717) is 19.3 Å². The van der Waals surface area contributed by atoms with Crippen molar-refractivity contribution in [2.75, 3.05) is 6.61 Å². The first-order valence-electron chi connectivity index (χ1n) is 26.4. The Hall–Kier alpha value is -2.96. The van der Waals surface area contributed by atoms with Gasteiger partial charge in [-0.25, -0.2) is 0 Å². The van der Waals surface area contributed by atoms with E-state index in [9.17, 15) is 19.8 Å². The number of aliphatic hydroxyl groups is 2. The minimum absolute atomic E-state index is 0.0384. The van der Waals surface area contributed by atoms with Crippen molar-refractivity contribution in [3.8, 4) is 0 Å². The third-order valence-corrected chi connectivity index (χ3v) is 11.6. The van der Waals surface area contributed by atoms with E-state index in [1.54, 1.807) is 0 Å². The van der Waals surface area contributed by atoms with Crippen molar-refractivity contribution in [3.05, 3.63) is 85.1 Å². The molecule has 6 heteroatoms. The van der Waals surface area contributed by atoms with Crippen LogP contribution in [0.15, 0.2) is 85.1 Å². The van der Waals surface area contributed by atoms with Crippen LogP contribution in [0.2, 0.25) is 0 Å². The second-order valence-corrected chi connectivity index (χ2v) is 17.6. The first-order valence-corrected chi connectivity index (χ1v) is 26.4. The van der Waals surface area contributed by atoms with Gasteiger partial charge in [-0.15, -0.1) is 0 Å². The highest BCUT2D eigenvalue weighted by atomic mass is 16.5. The van der Waals surface area contributed by atoms with Gasteiger partial charge in [-0.1, -0.05) is 234 Å². The van der Waals surface area contributed by atoms with Gasteiger partial charge in [0.15, 0.2) is 0 Å². The van der Waals surface area contributed by atoms with Crippen LogP contribution in [-0.4, -0.2) is 46.9 Å². The molecule has 0 rings (SSSR count). The maximum Gasteiger partial charge on any atom is 0.306 e. The van der Waals surface area contributed by atoms with Gasteiger partial charge in [-0.3, -0.25) is 9.59 Å². The van der Waals surface area contributed by atoms with E-state index in [0.717, 1.165) is 103 Å². The lowest BCUT2D eigenvalue weighted by Crippen LogP contribution is -2.46. The summed E-state index contributed by atoms with van der Waals surface area (Å²) in [6.07, 6.45) is 65.0. The third-order valence-electron chi connectivity index (χ3n) is 11.6. The van der Waals surface area contributed by atoms with Gasteiger partial charge in [0.1, 0.15) is 6.10 Å². The molecule has 0 heterocycles. The molecule has 0 radical (unpaired) electrons. The quantitative estimate of drug-likeness (QED) is 0.0245. The lowest BCUT2D eigenvalue weighted by Gasteiger charge is -2.24. The van der Waals surface area contributed by atoms with E-state index in [2.05, 4.69) is 86.8 Å². The van der Waals surface area contributed by atoms with Crippen molar-refractivity contribution in [3.63, 3.8) is 0 Å². The van der Waals surface area contributed by atoms with Crippen LogP contribution in [0.4, 0.5) is 0 Å². The van der Waals surface area contributed by atoms with E-state index in [1.165, 1.54) is 89.9 Å². The molecule has 0 aromatic carbocycles. The molecule has 0 saturated heterocycles. The molecule has 362 valence electrons. The Labute approximate surface area is 389 Å². The molecule has 0 saturated carbocycles. The summed E-state index contributed by atoms with van der Waals surface area (Å²) in [5.74, 6) is -0.543. The number of aliphatic hydroxyl groups excluding tert-OH is 2. The molecule has 0 aliphatic rings. The number of carbonyl (C=O) groups excluding carboxylic acids is 2. The molecule has 0 bridgehead atoms. The van der Waals surface area contributed by atoms with Crippen LogP contribution in [-0.2, 0) is 14.3 Å². The van der Waals surface area contributed by atoms with E-state index >= 15 is 0 Å². The van der Waals surface area contributed by atoms with Crippen molar-refractivity contribution in [1.82, 2.24) is 5.32 Å². The Kier molecular flexibility index (Phi) is 47.7. The fourth-order valence-electron chi connectivity index (χ4n) is 7.63. The Bertz CT molecular complexity index is 1210. The Morgan fingerprint density at radius 1 is 0.492 bits per heavy atom. The van der Waals surface area contributed by atoms with Gasteiger partial charge in [0.05, 0.1) is 25.2 Å². The fraction of sp³-hybridized carbons (Fsp3) is 0.719. The summed E-state index contributed by atoms with van der Waals surface area (Å²) in [6, 6.07) is -0.724. The zero-order chi connectivity index (χ0) is 45.9. The summed E-state index contributed by atoms with van der Waals surface area (Å²) in [6.45, 7) is 6.22. The van der Waals surface area contributed by atoms with Gasteiger partial charge in [-0.2, -0.15) is 0 Å². The van der Waals surface area contributed by atoms with Crippen molar-refractivity contribution in [2.24, 2.45) is 0 Å². The Morgan fingerprint density at radius 2 is 0.937 bits per heavy atom. The highest BCUT2D eigenvalue weighted by Gasteiger charge is 2.24. The van der Waals surface area contributed by atoms with Crippen LogP contribution in [0.5, 0.6) is 0 Å². The molecule has 1 amide bonds. The zero-order valence-electron chi connectivity index (χ0n) is 41.2. The SMILES string of the molecule is CC/C=C/C=C/C=C/C=C\CCCCCC(CC(=O)NC(CO)C(O)CCCCCCCCCCCCCCCCCCC)OC(=O)CCCCCC/C=C/C/C=C/C/C=C/CC. The largest absolute Gasteiger partial charge is 0.462 e. The van der Waals surface area contributed by atoms with Crippen LogP contribution in [0.1, 0.15) is 239 Å². The molecule has 0 fully saturated rings. The maximum absolute atomic E-state index is 13.2. The summed E-state index contributed by atoms with van der Waals surface area (Å²) in [5.41, 5.74) is 0. The Balaban J connectivity index is 4.61. The molecule has 3 unspecified atom stereocenters. The van der Waals surface area contributed by atoms with Crippen molar-refractivity contribution >= 4 is 11.9 Å². The van der Waals surface area contributed by atoms with Crippen molar-refractivity contribution < 1.29 is 24.5 Å². The standard InChI is InChI=1S/C57H99NO5/c1-4-7-10-13-16-19-22-25-27-28-29-31-34-37-40-43-46-49-55(60)54(52-59)58-56(61)51-53(48-45-42-39-36-33-30-24-21-18-15-12-9-6-3)63-57(62)50-47-44-41-38-35-32-26-23-20-17-14-11-8-5-2/h8-9,11-12,15,17-18,20-21,24,26,30,32-33,53-55,59-60H,4-7,10,13-14,16,19,22-23,25,27-29,31,34-52H2,1-3H3,(H,58,61)/b11-8+,12-9+,18-15+,20-17+,24-21+,32-26+,33-30-. The predicted octanol–water partition coefficient (Wildman–Crippen LogP) is 16.0. The minimum atomic E-state index is -0.807. The van der Waals surface area contributed by atoms with Crippen LogP contribution >= 0.6 is 0 Å². The second-order valence-electron chi connectivity index (χ2n) is 17.6. The number of hydrogen-bond acceptors (Lipinski definition) is 5. The number of nitrogens with one attached hydrogen (secondary N) is 1. The monoisotopic (exact) mass is 878 g/mol. The van der Waals surface area contributed by atoms with Crippen LogP contribution in [0.25, 0.3) is 0 Å². The van der Waals surface area contributed by atoms with Gasteiger partial charge in [0.2, 0.25) is 5.91 Å². The number of esters is 1. The lowest BCUT2D eigenvalue weighted by atomic mass is 10.0. The molecule has 63 heavy (non-hydrogen) atoms. The highest BCUT2D eigenvalue weighted by Crippen LogP contribution is 2.17. The summed E-state index contributed by atoms with van der Waals surface area (Å²) in [4.78, 5) is 26.1. The molecule has 0 aliphatic heterocycles. The van der Waals surface area contributed by atoms with Crippen LogP contribution in [0, 0.1) is 0 Å². The molecular formula is C57H99NO5. The number of allylic oxidation sites excluding steroid dienone is 14. The number of amides is 1. The average molecular weight is 878 g/mol. The minimum Gasteiger partial charge on any atom is -0.462 e. The van der Waals surface area contributed by atoms with E-state index in [-0.39, 0.29) is 24.9 Å². The first-order chi connectivity index (χ1) is 31.0. The topological polar surface area (TPSA) is 95.9 Å². The smallest absolute Gasteiger partial charge is 0.306 e. The predicted molar refractivity (Wildman–Crippen MR) is 273 cm³/mol. The average Bonchev–Trinajstić information content (AvgIpc) is 3.28.